The van der Waals surface area contributed by atoms with Crippen LogP contribution in [0.25, 0.3) is 0 Å². The lowest BCUT2D eigenvalue weighted by Crippen LogP contribution is -2.27. The molecule has 1 nitrogen and oxygen atoms in total. The van der Waals surface area contributed by atoms with Crippen LogP contribution in [0.3, 0.4) is 0 Å². The van der Waals surface area contributed by atoms with Gasteiger partial charge in [-0.05, 0) is 32.4 Å². The smallest absolute Gasteiger partial charge is 0.143 e. The number of alkyl halides is 1. The summed E-state index contributed by atoms with van der Waals surface area (Å²) in [5, 5.41) is 3.06. The fourth-order valence-corrected chi connectivity index (χ4v) is 2.05. The maximum atomic E-state index is 14.0. The molecule has 0 aliphatic carbocycles. The molecule has 82 valence electrons. The molecule has 1 aliphatic heterocycles. The van der Waals surface area contributed by atoms with Crippen LogP contribution in [-0.2, 0) is 0 Å². The summed E-state index contributed by atoms with van der Waals surface area (Å²) in [6, 6.07) is 4.38. The van der Waals surface area contributed by atoms with Crippen LogP contribution in [0.15, 0.2) is 18.2 Å². The Kier molecular flexibility index (Phi) is 3.00. The number of hydrogen-bond acceptors (Lipinski definition) is 1. The molecule has 1 saturated heterocycles. The third-order valence-corrected chi connectivity index (χ3v) is 2.90. The number of aryl methyl sites for hydroxylation is 1. The molecule has 0 aromatic heterocycles. The van der Waals surface area contributed by atoms with Crippen molar-refractivity contribution in [1.29, 1.82) is 0 Å². The first-order valence-corrected chi connectivity index (χ1v) is 5.32. The lowest BCUT2D eigenvalue weighted by Gasteiger charge is -2.17. The van der Waals surface area contributed by atoms with E-state index in [9.17, 15) is 8.78 Å². The third kappa shape index (κ3) is 2.17. The predicted molar refractivity (Wildman–Crippen MR) is 56.0 cm³/mol. The Morgan fingerprint density at radius 1 is 1.47 bits per heavy atom. The molecule has 0 saturated carbocycles. The number of benzene rings is 1. The molecular formula is C12H15F2N. The van der Waals surface area contributed by atoms with Crippen molar-refractivity contribution in [2.24, 2.45) is 0 Å². The Labute approximate surface area is 88.5 Å². The van der Waals surface area contributed by atoms with Crippen LogP contribution in [0, 0.1) is 12.7 Å². The van der Waals surface area contributed by atoms with E-state index in [2.05, 4.69) is 5.32 Å². The Balaban J connectivity index is 2.23. The highest BCUT2D eigenvalue weighted by Crippen LogP contribution is 2.29. The first kappa shape index (κ1) is 10.6. The average Bonchev–Trinajstić information content (AvgIpc) is 2.74. The van der Waals surface area contributed by atoms with Gasteiger partial charge in [0, 0.05) is 11.6 Å². The van der Waals surface area contributed by atoms with Gasteiger partial charge in [0.1, 0.15) is 12.0 Å². The van der Waals surface area contributed by atoms with Gasteiger partial charge in [-0.1, -0.05) is 17.7 Å². The molecule has 3 heteroatoms. The van der Waals surface area contributed by atoms with Crippen molar-refractivity contribution in [2.45, 2.75) is 32.0 Å². The Morgan fingerprint density at radius 3 is 2.93 bits per heavy atom. The maximum absolute atomic E-state index is 14.0. The van der Waals surface area contributed by atoms with Crippen LogP contribution in [-0.4, -0.2) is 12.6 Å². The summed E-state index contributed by atoms with van der Waals surface area (Å²) in [5.41, 5.74) is 1.08. The molecule has 1 fully saturated rings. The zero-order valence-corrected chi connectivity index (χ0v) is 8.76. The van der Waals surface area contributed by atoms with Crippen LogP contribution >= 0.6 is 0 Å². The molecule has 1 aromatic carbocycles. The summed E-state index contributed by atoms with van der Waals surface area (Å²) in [6.45, 7) is 2.68. The summed E-state index contributed by atoms with van der Waals surface area (Å²) < 4.78 is 27.4. The van der Waals surface area contributed by atoms with Gasteiger partial charge < -0.3 is 5.32 Å². The first-order valence-electron chi connectivity index (χ1n) is 5.32. The van der Waals surface area contributed by atoms with Crippen LogP contribution in [0.2, 0.25) is 0 Å². The number of halogens is 2. The molecule has 2 atom stereocenters. The summed E-state index contributed by atoms with van der Waals surface area (Å²) in [6.07, 6.45) is 0.528. The Morgan fingerprint density at radius 2 is 2.27 bits per heavy atom. The summed E-state index contributed by atoms with van der Waals surface area (Å²) in [5.74, 6) is -0.443. The first-order chi connectivity index (χ1) is 7.18. The van der Waals surface area contributed by atoms with Gasteiger partial charge in [-0.3, -0.25) is 0 Å². The topological polar surface area (TPSA) is 12.0 Å². The third-order valence-electron chi connectivity index (χ3n) is 2.90. The largest absolute Gasteiger partial charge is 0.311 e. The van der Waals surface area contributed by atoms with E-state index in [0.29, 0.717) is 0 Å². The van der Waals surface area contributed by atoms with Crippen molar-refractivity contribution in [3.8, 4) is 0 Å². The van der Waals surface area contributed by atoms with Gasteiger partial charge in [0.05, 0.1) is 0 Å². The summed E-state index contributed by atoms with van der Waals surface area (Å²) >= 11 is 0. The Hall–Kier alpha value is -0.960. The molecule has 0 amide bonds. The van der Waals surface area contributed by atoms with E-state index in [1.54, 1.807) is 12.1 Å². The van der Waals surface area contributed by atoms with Gasteiger partial charge in [0.25, 0.3) is 0 Å². The van der Waals surface area contributed by atoms with Crippen molar-refractivity contribution in [3.63, 3.8) is 0 Å². The second-order valence-corrected chi connectivity index (χ2v) is 4.13. The zero-order valence-electron chi connectivity index (χ0n) is 8.76. The Bertz CT molecular complexity index is 345. The van der Waals surface area contributed by atoms with E-state index < -0.39 is 12.0 Å². The van der Waals surface area contributed by atoms with E-state index in [1.807, 2.05) is 6.92 Å². The van der Waals surface area contributed by atoms with Gasteiger partial charge in [0.15, 0.2) is 0 Å². The van der Waals surface area contributed by atoms with Gasteiger partial charge in [-0.25, -0.2) is 8.78 Å². The average molecular weight is 211 g/mol. The van der Waals surface area contributed by atoms with Crippen LogP contribution in [0.5, 0.6) is 0 Å². The molecule has 1 heterocycles. The van der Waals surface area contributed by atoms with E-state index in [0.717, 1.165) is 24.9 Å². The molecule has 0 bridgehead atoms. The number of rotatable bonds is 2. The van der Waals surface area contributed by atoms with Crippen molar-refractivity contribution >= 4 is 0 Å². The van der Waals surface area contributed by atoms with Crippen molar-refractivity contribution < 1.29 is 8.78 Å². The molecule has 2 unspecified atom stereocenters. The highest BCUT2D eigenvalue weighted by molar-refractivity contribution is 5.27. The molecule has 15 heavy (non-hydrogen) atoms. The minimum atomic E-state index is -1.23. The highest BCUT2D eigenvalue weighted by Gasteiger charge is 2.27. The standard InChI is InChI=1S/C12H15F2N/c1-8-4-5-10(13)9(7-8)12(14)11-3-2-6-15-11/h4-5,7,11-12,15H,2-3,6H2,1H3. The van der Waals surface area contributed by atoms with Gasteiger partial charge in [-0.2, -0.15) is 0 Å². The van der Waals surface area contributed by atoms with Gasteiger partial charge >= 0.3 is 0 Å². The van der Waals surface area contributed by atoms with E-state index >= 15 is 0 Å². The summed E-state index contributed by atoms with van der Waals surface area (Å²) in [4.78, 5) is 0. The maximum Gasteiger partial charge on any atom is 0.143 e. The quantitative estimate of drug-likeness (QED) is 0.793. The minimum Gasteiger partial charge on any atom is -0.311 e. The van der Waals surface area contributed by atoms with E-state index in [4.69, 9.17) is 0 Å². The molecule has 1 aliphatic rings. The lowest BCUT2D eigenvalue weighted by molar-refractivity contribution is 0.263. The second kappa shape index (κ2) is 4.27. The highest BCUT2D eigenvalue weighted by atomic mass is 19.1. The number of hydrogen-bond donors (Lipinski definition) is 1. The van der Waals surface area contributed by atoms with Crippen molar-refractivity contribution in [3.05, 3.63) is 35.1 Å². The van der Waals surface area contributed by atoms with Crippen molar-refractivity contribution in [1.82, 2.24) is 5.32 Å². The molecule has 1 aromatic rings. The second-order valence-electron chi connectivity index (χ2n) is 4.13. The fourth-order valence-electron chi connectivity index (χ4n) is 2.05. The number of nitrogens with one attached hydrogen (secondary N) is 1. The molecule has 0 radical (unpaired) electrons. The SMILES string of the molecule is Cc1ccc(F)c(C(F)C2CCCN2)c1. The molecule has 0 spiro atoms. The van der Waals surface area contributed by atoms with Crippen LogP contribution < -0.4 is 5.32 Å². The van der Waals surface area contributed by atoms with Gasteiger partial charge in [0.2, 0.25) is 0 Å². The predicted octanol–water partition coefficient (Wildman–Crippen LogP) is 2.90. The van der Waals surface area contributed by atoms with E-state index in [1.165, 1.54) is 6.07 Å². The van der Waals surface area contributed by atoms with Crippen LogP contribution in [0.4, 0.5) is 8.78 Å². The van der Waals surface area contributed by atoms with E-state index in [-0.39, 0.29) is 11.6 Å². The molecule has 1 N–H and O–H groups in total. The monoisotopic (exact) mass is 211 g/mol. The minimum absolute atomic E-state index is 0.189. The normalized spacial score (nSPS) is 23.0. The fraction of sp³-hybridized carbons (Fsp3) is 0.500. The molecule has 2 rings (SSSR count). The zero-order chi connectivity index (χ0) is 10.8. The molecular weight excluding hydrogens is 196 g/mol. The van der Waals surface area contributed by atoms with Crippen LogP contribution in [0.1, 0.15) is 30.1 Å². The lowest BCUT2D eigenvalue weighted by atomic mass is 10.00. The van der Waals surface area contributed by atoms with Crippen molar-refractivity contribution in [2.75, 3.05) is 6.54 Å². The summed E-state index contributed by atoms with van der Waals surface area (Å²) in [7, 11) is 0. The van der Waals surface area contributed by atoms with Gasteiger partial charge in [-0.15, -0.1) is 0 Å².